The number of ether oxygens (including phenoxy) is 1. The van der Waals surface area contributed by atoms with Crippen LogP contribution in [0.15, 0.2) is 10.9 Å². The first-order chi connectivity index (χ1) is 9.98. The van der Waals surface area contributed by atoms with E-state index in [9.17, 15) is 9.59 Å². The molecule has 1 saturated carbocycles. The normalized spacial score (nSPS) is 16.3. The molecule has 1 aliphatic rings. The minimum absolute atomic E-state index is 0.0290. The number of amides is 1. The van der Waals surface area contributed by atoms with Crippen LogP contribution >= 0.6 is 0 Å². The molecule has 0 radical (unpaired) electrons. The van der Waals surface area contributed by atoms with Gasteiger partial charge in [0.25, 0.3) is 0 Å². The third kappa shape index (κ3) is 3.32. The van der Waals surface area contributed by atoms with Gasteiger partial charge in [0.2, 0.25) is 5.91 Å². The summed E-state index contributed by atoms with van der Waals surface area (Å²) >= 11 is 0. The van der Waals surface area contributed by atoms with E-state index < -0.39 is 0 Å². The molecule has 0 aliphatic heterocycles. The highest BCUT2D eigenvalue weighted by molar-refractivity contribution is 5.83. The summed E-state index contributed by atoms with van der Waals surface area (Å²) in [4.78, 5) is 28.0. The molecule has 0 bridgehead atoms. The lowest BCUT2D eigenvalue weighted by Crippen LogP contribution is -2.49. The standard InChI is InChI=1S/C15H23N3O3/c1-11-9-12(2)18(14(20)17-11)8-7-16-13(19)15(10-21-3)5-4-6-15/h9H,4-8,10H2,1-3H3,(H,16,19). The van der Waals surface area contributed by atoms with E-state index in [0.29, 0.717) is 25.4 Å². The van der Waals surface area contributed by atoms with Crippen LogP contribution in [0.3, 0.4) is 0 Å². The Hall–Kier alpha value is -1.69. The molecular weight excluding hydrogens is 270 g/mol. The van der Waals surface area contributed by atoms with Crippen molar-refractivity contribution in [2.75, 3.05) is 20.3 Å². The van der Waals surface area contributed by atoms with E-state index in [1.807, 2.05) is 13.0 Å². The number of hydrogen-bond donors (Lipinski definition) is 1. The molecule has 2 rings (SSSR count). The van der Waals surface area contributed by atoms with Crippen LogP contribution in [0, 0.1) is 19.3 Å². The lowest BCUT2D eigenvalue weighted by atomic mass is 9.68. The molecule has 0 aromatic carbocycles. The van der Waals surface area contributed by atoms with Gasteiger partial charge in [-0.2, -0.15) is 4.98 Å². The van der Waals surface area contributed by atoms with Gasteiger partial charge in [0.05, 0.1) is 12.0 Å². The summed E-state index contributed by atoms with van der Waals surface area (Å²) in [7, 11) is 1.62. The Kier molecular flexibility index (Phi) is 4.77. The van der Waals surface area contributed by atoms with Crippen molar-refractivity contribution in [3.63, 3.8) is 0 Å². The smallest absolute Gasteiger partial charge is 0.348 e. The molecule has 1 aromatic heterocycles. The molecule has 6 nitrogen and oxygen atoms in total. The van der Waals surface area contributed by atoms with Crippen molar-refractivity contribution in [1.29, 1.82) is 0 Å². The van der Waals surface area contributed by atoms with Gasteiger partial charge in [-0.1, -0.05) is 6.42 Å². The van der Waals surface area contributed by atoms with Crippen LogP contribution < -0.4 is 11.0 Å². The first kappa shape index (κ1) is 15.7. The Bertz CT molecular complexity index is 576. The number of rotatable bonds is 6. The second-order valence-electron chi connectivity index (χ2n) is 5.80. The Morgan fingerprint density at radius 3 is 2.71 bits per heavy atom. The maximum atomic E-state index is 12.3. The summed E-state index contributed by atoms with van der Waals surface area (Å²) in [5, 5.41) is 2.92. The molecule has 0 spiro atoms. The quantitative estimate of drug-likeness (QED) is 0.841. The Morgan fingerprint density at radius 2 is 2.19 bits per heavy atom. The van der Waals surface area contributed by atoms with Crippen molar-refractivity contribution in [1.82, 2.24) is 14.9 Å². The summed E-state index contributed by atoms with van der Waals surface area (Å²) < 4.78 is 6.74. The van der Waals surface area contributed by atoms with Crippen LogP contribution in [0.25, 0.3) is 0 Å². The van der Waals surface area contributed by atoms with Crippen LogP contribution in [0.2, 0.25) is 0 Å². The van der Waals surface area contributed by atoms with E-state index in [2.05, 4.69) is 10.3 Å². The second kappa shape index (κ2) is 6.39. The first-order valence-electron chi connectivity index (χ1n) is 7.31. The Balaban J connectivity index is 1.93. The maximum absolute atomic E-state index is 12.3. The third-order valence-corrected chi connectivity index (χ3v) is 4.18. The monoisotopic (exact) mass is 293 g/mol. The van der Waals surface area contributed by atoms with E-state index >= 15 is 0 Å². The van der Waals surface area contributed by atoms with Gasteiger partial charge < -0.3 is 10.1 Å². The largest absolute Gasteiger partial charge is 0.384 e. The second-order valence-corrected chi connectivity index (χ2v) is 5.80. The van der Waals surface area contributed by atoms with Gasteiger partial charge in [-0.15, -0.1) is 0 Å². The van der Waals surface area contributed by atoms with Crippen molar-refractivity contribution < 1.29 is 9.53 Å². The number of carbonyl (C=O) groups excluding carboxylic acids is 1. The van der Waals surface area contributed by atoms with Gasteiger partial charge in [-0.3, -0.25) is 9.36 Å². The summed E-state index contributed by atoms with van der Waals surface area (Å²) in [6, 6.07) is 1.86. The molecule has 6 heteroatoms. The minimum atomic E-state index is -0.361. The van der Waals surface area contributed by atoms with Crippen molar-refractivity contribution in [2.45, 2.75) is 39.7 Å². The predicted octanol–water partition coefficient (Wildman–Crippen LogP) is 0.793. The van der Waals surface area contributed by atoms with E-state index in [-0.39, 0.29) is 17.0 Å². The van der Waals surface area contributed by atoms with Crippen LogP contribution in [-0.2, 0) is 16.1 Å². The molecule has 1 aliphatic carbocycles. The fourth-order valence-electron chi connectivity index (χ4n) is 2.83. The lowest BCUT2D eigenvalue weighted by Gasteiger charge is -2.39. The highest BCUT2D eigenvalue weighted by atomic mass is 16.5. The molecule has 0 unspecified atom stereocenters. The third-order valence-electron chi connectivity index (χ3n) is 4.18. The molecule has 1 heterocycles. The molecule has 0 atom stereocenters. The van der Waals surface area contributed by atoms with Gasteiger partial charge in [0.1, 0.15) is 0 Å². The maximum Gasteiger partial charge on any atom is 0.348 e. The fourth-order valence-corrected chi connectivity index (χ4v) is 2.83. The van der Waals surface area contributed by atoms with Crippen molar-refractivity contribution in [2.24, 2.45) is 5.41 Å². The molecule has 0 saturated heterocycles. The zero-order valence-electron chi connectivity index (χ0n) is 12.9. The highest BCUT2D eigenvalue weighted by Crippen LogP contribution is 2.41. The van der Waals surface area contributed by atoms with Gasteiger partial charge in [-0.05, 0) is 32.8 Å². The van der Waals surface area contributed by atoms with E-state index in [0.717, 1.165) is 25.0 Å². The van der Waals surface area contributed by atoms with Crippen molar-refractivity contribution in [3.8, 4) is 0 Å². The number of nitrogens with zero attached hydrogens (tertiary/aromatic N) is 2. The molecular formula is C15H23N3O3. The zero-order chi connectivity index (χ0) is 15.5. The highest BCUT2D eigenvalue weighted by Gasteiger charge is 2.43. The average Bonchev–Trinajstić information content (AvgIpc) is 2.36. The molecule has 21 heavy (non-hydrogen) atoms. The van der Waals surface area contributed by atoms with Crippen LogP contribution in [0.1, 0.15) is 30.7 Å². The SMILES string of the molecule is COCC1(C(=O)NCCn2c(C)cc(C)nc2=O)CCC1. The van der Waals surface area contributed by atoms with E-state index in [4.69, 9.17) is 4.74 Å². The van der Waals surface area contributed by atoms with Crippen molar-refractivity contribution >= 4 is 5.91 Å². The Labute approximate surface area is 124 Å². The number of aryl methyl sites for hydroxylation is 2. The molecule has 116 valence electrons. The number of nitrogens with one attached hydrogen (secondary N) is 1. The van der Waals surface area contributed by atoms with E-state index in [1.54, 1.807) is 18.6 Å². The minimum Gasteiger partial charge on any atom is -0.384 e. The molecule has 1 amide bonds. The topological polar surface area (TPSA) is 73.2 Å². The number of carbonyl (C=O) groups is 1. The van der Waals surface area contributed by atoms with Crippen LogP contribution in [0.4, 0.5) is 0 Å². The number of methoxy groups -OCH3 is 1. The summed E-state index contributed by atoms with van der Waals surface area (Å²) in [6.45, 7) is 4.99. The fraction of sp³-hybridized carbons (Fsp3) is 0.667. The van der Waals surface area contributed by atoms with Crippen molar-refractivity contribution in [3.05, 3.63) is 27.9 Å². The molecule has 1 aromatic rings. The van der Waals surface area contributed by atoms with E-state index in [1.165, 1.54) is 0 Å². The predicted molar refractivity (Wildman–Crippen MR) is 79.1 cm³/mol. The molecule has 1 fully saturated rings. The average molecular weight is 293 g/mol. The lowest BCUT2D eigenvalue weighted by molar-refractivity contribution is -0.140. The zero-order valence-corrected chi connectivity index (χ0v) is 12.9. The summed E-state index contributed by atoms with van der Waals surface area (Å²) in [5.41, 5.74) is 0.945. The van der Waals surface area contributed by atoms with Gasteiger partial charge >= 0.3 is 5.69 Å². The summed E-state index contributed by atoms with van der Waals surface area (Å²) in [6.07, 6.45) is 2.81. The first-order valence-corrected chi connectivity index (χ1v) is 7.31. The van der Waals surface area contributed by atoms with Gasteiger partial charge in [0.15, 0.2) is 0 Å². The number of aromatic nitrogens is 2. The number of hydrogen-bond acceptors (Lipinski definition) is 4. The van der Waals surface area contributed by atoms with Gasteiger partial charge in [0, 0.05) is 31.6 Å². The summed E-state index contributed by atoms with van der Waals surface area (Å²) in [5.74, 6) is 0.0290. The molecule has 1 N–H and O–H groups in total. The Morgan fingerprint density at radius 1 is 1.48 bits per heavy atom. The van der Waals surface area contributed by atoms with Crippen LogP contribution in [0.5, 0.6) is 0 Å². The van der Waals surface area contributed by atoms with Crippen LogP contribution in [-0.4, -0.2) is 35.7 Å². The van der Waals surface area contributed by atoms with Gasteiger partial charge in [-0.25, -0.2) is 4.79 Å².